The molecule has 1 aromatic heterocycles. The van der Waals surface area contributed by atoms with Crippen LogP contribution >= 0.6 is 0 Å². The zero-order valence-corrected chi connectivity index (χ0v) is 9.67. The molecule has 0 radical (unpaired) electrons. The molecular formula is C13H11N3O2. The van der Waals surface area contributed by atoms with E-state index in [1.54, 1.807) is 18.2 Å². The number of hydrogen-bond donors (Lipinski definition) is 0. The van der Waals surface area contributed by atoms with Crippen molar-refractivity contribution in [3.63, 3.8) is 0 Å². The van der Waals surface area contributed by atoms with Crippen molar-refractivity contribution >= 4 is 0 Å². The third kappa shape index (κ3) is 2.18. The molecule has 1 saturated carbocycles. The summed E-state index contributed by atoms with van der Waals surface area (Å²) in [6.45, 7) is 0.217. The van der Waals surface area contributed by atoms with E-state index < -0.39 is 0 Å². The molecule has 0 amide bonds. The van der Waals surface area contributed by atoms with E-state index in [-0.39, 0.29) is 6.61 Å². The minimum atomic E-state index is 0.217. The van der Waals surface area contributed by atoms with E-state index in [1.807, 2.05) is 6.07 Å². The van der Waals surface area contributed by atoms with Crippen molar-refractivity contribution in [1.82, 2.24) is 10.1 Å². The Balaban J connectivity index is 1.68. The molecule has 0 N–H and O–H groups in total. The van der Waals surface area contributed by atoms with Crippen LogP contribution in [0.4, 0.5) is 0 Å². The third-order valence-electron chi connectivity index (χ3n) is 2.77. The second-order valence-corrected chi connectivity index (χ2v) is 4.22. The largest absolute Gasteiger partial charge is 0.484 e. The van der Waals surface area contributed by atoms with E-state index in [4.69, 9.17) is 14.5 Å². The van der Waals surface area contributed by atoms with Crippen LogP contribution in [-0.4, -0.2) is 10.1 Å². The van der Waals surface area contributed by atoms with Gasteiger partial charge in [0.1, 0.15) is 11.8 Å². The van der Waals surface area contributed by atoms with Crippen molar-refractivity contribution in [2.75, 3.05) is 0 Å². The van der Waals surface area contributed by atoms with Crippen molar-refractivity contribution in [2.24, 2.45) is 0 Å². The van der Waals surface area contributed by atoms with E-state index in [2.05, 4.69) is 16.2 Å². The van der Waals surface area contributed by atoms with Gasteiger partial charge >= 0.3 is 0 Å². The first kappa shape index (κ1) is 10.8. The van der Waals surface area contributed by atoms with E-state index in [0.717, 1.165) is 12.8 Å². The van der Waals surface area contributed by atoms with Gasteiger partial charge < -0.3 is 9.26 Å². The van der Waals surface area contributed by atoms with Gasteiger partial charge in [-0.1, -0.05) is 17.3 Å². The van der Waals surface area contributed by atoms with Crippen LogP contribution in [-0.2, 0) is 6.61 Å². The Morgan fingerprint density at radius 2 is 2.22 bits per heavy atom. The molecule has 0 bridgehead atoms. The molecule has 0 atom stereocenters. The lowest BCUT2D eigenvalue weighted by Crippen LogP contribution is -1.99. The van der Waals surface area contributed by atoms with E-state index in [1.165, 1.54) is 0 Å². The fourth-order valence-corrected chi connectivity index (χ4v) is 1.65. The summed E-state index contributed by atoms with van der Waals surface area (Å²) in [6, 6.07) is 9.15. The van der Waals surface area contributed by atoms with Gasteiger partial charge in [0.15, 0.2) is 6.61 Å². The number of rotatable bonds is 4. The monoisotopic (exact) mass is 241 g/mol. The van der Waals surface area contributed by atoms with Crippen LogP contribution in [0.5, 0.6) is 5.75 Å². The summed E-state index contributed by atoms with van der Waals surface area (Å²) in [7, 11) is 0. The molecule has 5 nitrogen and oxygen atoms in total. The van der Waals surface area contributed by atoms with Gasteiger partial charge in [-0.05, 0) is 25.0 Å². The summed E-state index contributed by atoms with van der Waals surface area (Å²) >= 11 is 0. The quantitative estimate of drug-likeness (QED) is 0.821. The fraction of sp³-hybridized carbons (Fsp3) is 0.308. The standard InChI is InChI=1S/C13H11N3O2/c14-7-10-3-1-2-4-11(10)17-8-12-15-13(18-16-12)9-5-6-9/h1-4,9H,5-6,8H2. The summed E-state index contributed by atoms with van der Waals surface area (Å²) in [4.78, 5) is 4.26. The minimum absolute atomic E-state index is 0.217. The van der Waals surface area contributed by atoms with Crippen molar-refractivity contribution in [3.05, 3.63) is 41.5 Å². The molecular weight excluding hydrogens is 230 g/mol. The highest BCUT2D eigenvalue weighted by atomic mass is 16.5. The lowest BCUT2D eigenvalue weighted by Gasteiger charge is -2.04. The number of nitrogens with zero attached hydrogens (tertiary/aromatic N) is 3. The van der Waals surface area contributed by atoms with Crippen LogP contribution in [0.15, 0.2) is 28.8 Å². The van der Waals surface area contributed by atoms with Crippen LogP contribution < -0.4 is 4.74 Å². The number of nitriles is 1. The molecule has 5 heteroatoms. The van der Waals surface area contributed by atoms with Gasteiger partial charge in [0.2, 0.25) is 11.7 Å². The normalized spacial score (nSPS) is 14.2. The first-order valence-corrected chi connectivity index (χ1v) is 5.81. The van der Waals surface area contributed by atoms with Crippen LogP contribution in [0.25, 0.3) is 0 Å². The van der Waals surface area contributed by atoms with E-state index >= 15 is 0 Å². The second-order valence-electron chi connectivity index (χ2n) is 4.22. The summed E-state index contributed by atoms with van der Waals surface area (Å²) < 4.78 is 10.6. The lowest BCUT2D eigenvalue weighted by atomic mass is 10.2. The number of ether oxygens (including phenoxy) is 1. The maximum Gasteiger partial charge on any atom is 0.229 e. The zero-order chi connectivity index (χ0) is 12.4. The van der Waals surface area contributed by atoms with Crippen molar-refractivity contribution in [3.8, 4) is 11.8 Å². The Labute approximate surface area is 104 Å². The van der Waals surface area contributed by atoms with Crippen LogP contribution in [0.2, 0.25) is 0 Å². The first-order chi connectivity index (χ1) is 8.86. The van der Waals surface area contributed by atoms with Gasteiger partial charge in [-0.3, -0.25) is 0 Å². The fourth-order valence-electron chi connectivity index (χ4n) is 1.65. The Bertz CT molecular complexity index is 596. The molecule has 1 fully saturated rings. The van der Waals surface area contributed by atoms with Crippen molar-refractivity contribution < 1.29 is 9.26 Å². The van der Waals surface area contributed by atoms with Gasteiger partial charge in [-0.2, -0.15) is 10.2 Å². The molecule has 0 spiro atoms. The molecule has 0 aliphatic heterocycles. The zero-order valence-electron chi connectivity index (χ0n) is 9.67. The third-order valence-corrected chi connectivity index (χ3v) is 2.77. The van der Waals surface area contributed by atoms with Gasteiger partial charge in [-0.15, -0.1) is 0 Å². The average Bonchev–Trinajstić information content (AvgIpc) is 3.16. The highest BCUT2D eigenvalue weighted by Gasteiger charge is 2.29. The van der Waals surface area contributed by atoms with Crippen LogP contribution in [0, 0.1) is 11.3 Å². The molecule has 1 aromatic carbocycles. The molecule has 1 aliphatic rings. The smallest absolute Gasteiger partial charge is 0.229 e. The van der Waals surface area contributed by atoms with E-state index in [9.17, 15) is 0 Å². The molecule has 1 heterocycles. The first-order valence-electron chi connectivity index (χ1n) is 5.81. The Kier molecular flexibility index (Phi) is 2.69. The molecule has 90 valence electrons. The number of para-hydroxylation sites is 1. The van der Waals surface area contributed by atoms with Crippen LogP contribution in [0.1, 0.15) is 36.0 Å². The molecule has 3 rings (SSSR count). The van der Waals surface area contributed by atoms with Crippen molar-refractivity contribution in [1.29, 1.82) is 5.26 Å². The number of aromatic nitrogens is 2. The maximum atomic E-state index is 8.92. The highest BCUT2D eigenvalue weighted by molar-refractivity contribution is 5.42. The minimum Gasteiger partial charge on any atom is -0.484 e. The summed E-state index contributed by atoms with van der Waals surface area (Å²) in [5.74, 6) is 2.20. The predicted octanol–water partition coefficient (Wildman–Crippen LogP) is 2.40. The molecule has 2 aromatic rings. The second kappa shape index (κ2) is 4.49. The topological polar surface area (TPSA) is 71.9 Å². The molecule has 0 saturated heterocycles. The number of hydrogen-bond acceptors (Lipinski definition) is 5. The van der Waals surface area contributed by atoms with Gasteiger partial charge in [0.05, 0.1) is 5.56 Å². The van der Waals surface area contributed by atoms with Gasteiger partial charge in [-0.25, -0.2) is 0 Å². The average molecular weight is 241 g/mol. The summed E-state index contributed by atoms with van der Waals surface area (Å²) in [5, 5.41) is 12.8. The molecule has 0 unspecified atom stereocenters. The highest BCUT2D eigenvalue weighted by Crippen LogP contribution is 2.38. The summed E-state index contributed by atoms with van der Waals surface area (Å²) in [6.07, 6.45) is 2.25. The van der Waals surface area contributed by atoms with Crippen LogP contribution in [0.3, 0.4) is 0 Å². The molecule has 1 aliphatic carbocycles. The summed E-state index contributed by atoms with van der Waals surface area (Å²) in [5.41, 5.74) is 0.503. The van der Waals surface area contributed by atoms with E-state index in [0.29, 0.717) is 28.9 Å². The SMILES string of the molecule is N#Cc1ccccc1OCc1noc(C2CC2)n1. The Hall–Kier alpha value is -2.35. The van der Waals surface area contributed by atoms with Gasteiger partial charge in [0, 0.05) is 5.92 Å². The predicted molar refractivity (Wildman–Crippen MR) is 61.8 cm³/mol. The maximum absolute atomic E-state index is 8.92. The Morgan fingerprint density at radius 1 is 1.39 bits per heavy atom. The van der Waals surface area contributed by atoms with Gasteiger partial charge in [0.25, 0.3) is 0 Å². The Morgan fingerprint density at radius 3 is 3.00 bits per heavy atom. The molecule has 18 heavy (non-hydrogen) atoms. The number of benzene rings is 1. The van der Waals surface area contributed by atoms with Crippen molar-refractivity contribution in [2.45, 2.75) is 25.4 Å². The lowest BCUT2D eigenvalue weighted by molar-refractivity contribution is 0.284.